The molecule has 0 fully saturated rings. The van der Waals surface area contributed by atoms with E-state index in [2.05, 4.69) is 48.3 Å². The van der Waals surface area contributed by atoms with Crippen molar-refractivity contribution in [2.24, 2.45) is 5.73 Å². The molecule has 0 aliphatic rings. The maximum atomic E-state index is 12.2. The Morgan fingerprint density at radius 3 is 2.04 bits per heavy atom. The van der Waals surface area contributed by atoms with E-state index in [9.17, 15) is 4.79 Å². The van der Waals surface area contributed by atoms with E-state index in [0.29, 0.717) is 13.0 Å². The third-order valence-electron chi connectivity index (χ3n) is 4.43. The van der Waals surface area contributed by atoms with Crippen LogP contribution in [-0.2, 0) is 24.3 Å². The number of carbonyl (C=O) groups is 1. The van der Waals surface area contributed by atoms with Gasteiger partial charge in [0.2, 0.25) is 5.91 Å². The zero-order valence-electron chi connectivity index (χ0n) is 16.1. The van der Waals surface area contributed by atoms with Crippen molar-refractivity contribution >= 4 is 30.7 Å². The molecule has 0 aliphatic carbocycles. The average molecular weight is 412 g/mol. The molecule has 4 nitrogen and oxygen atoms in total. The first kappa shape index (κ1) is 25.4. The van der Waals surface area contributed by atoms with E-state index < -0.39 is 6.04 Å². The van der Waals surface area contributed by atoms with Gasteiger partial charge in [-0.1, -0.05) is 68.4 Å². The fraction of sp³-hybridized carbons (Fsp3) is 0.381. The Morgan fingerprint density at radius 1 is 0.926 bits per heavy atom. The minimum atomic E-state index is -0.524. The van der Waals surface area contributed by atoms with Crippen LogP contribution in [0, 0.1) is 0 Å². The number of amides is 1. The highest BCUT2D eigenvalue weighted by atomic mass is 35.5. The molecule has 0 aliphatic heterocycles. The van der Waals surface area contributed by atoms with Crippen molar-refractivity contribution in [2.75, 3.05) is 13.1 Å². The van der Waals surface area contributed by atoms with Crippen molar-refractivity contribution in [3.63, 3.8) is 0 Å². The highest BCUT2D eigenvalue weighted by molar-refractivity contribution is 5.85. The van der Waals surface area contributed by atoms with E-state index in [0.717, 1.165) is 30.8 Å². The summed E-state index contributed by atoms with van der Waals surface area (Å²) in [4.78, 5) is 14.5. The first-order valence-corrected chi connectivity index (χ1v) is 8.99. The molecule has 0 bridgehead atoms. The Labute approximate surface area is 175 Å². The number of rotatable bonds is 9. The molecule has 0 saturated carbocycles. The Bertz CT molecular complexity index is 646. The van der Waals surface area contributed by atoms with Crippen molar-refractivity contribution < 1.29 is 4.79 Å². The summed E-state index contributed by atoms with van der Waals surface area (Å²) >= 11 is 0. The van der Waals surface area contributed by atoms with Crippen LogP contribution in [0.25, 0.3) is 0 Å². The van der Waals surface area contributed by atoms with Crippen LogP contribution >= 0.6 is 24.8 Å². The lowest BCUT2D eigenvalue weighted by Crippen LogP contribution is -2.41. The molecule has 0 heterocycles. The highest BCUT2D eigenvalue weighted by Crippen LogP contribution is 2.08. The van der Waals surface area contributed by atoms with Gasteiger partial charge in [0.25, 0.3) is 0 Å². The van der Waals surface area contributed by atoms with E-state index in [1.165, 1.54) is 5.56 Å². The van der Waals surface area contributed by atoms with Crippen molar-refractivity contribution in [2.45, 2.75) is 39.4 Å². The molecule has 2 aromatic carbocycles. The fourth-order valence-electron chi connectivity index (χ4n) is 2.75. The maximum absolute atomic E-state index is 12.2. The van der Waals surface area contributed by atoms with Crippen LogP contribution in [0.1, 0.15) is 30.5 Å². The summed E-state index contributed by atoms with van der Waals surface area (Å²) in [6.07, 6.45) is 0.551. The fourth-order valence-corrected chi connectivity index (χ4v) is 2.75. The maximum Gasteiger partial charge on any atom is 0.237 e. The average Bonchev–Trinajstić information content (AvgIpc) is 2.65. The van der Waals surface area contributed by atoms with Gasteiger partial charge in [0.15, 0.2) is 0 Å². The Kier molecular flexibility index (Phi) is 12.8. The number of hydrogen-bond acceptors (Lipinski definition) is 3. The van der Waals surface area contributed by atoms with Crippen LogP contribution in [0.3, 0.4) is 0 Å². The number of benzene rings is 2. The highest BCUT2D eigenvalue weighted by Gasteiger charge is 2.13. The van der Waals surface area contributed by atoms with Gasteiger partial charge < -0.3 is 11.1 Å². The minimum absolute atomic E-state index is 0. The summed E-state index contributed by atoms with van der Waals surface area (Å²) in [7, 11) is 0. The SMILES string of the molecule is CCN(CC)Cc1ccc(CNC(=O)C(N)Cc2ccccc2)cc1.Cl.Cl. The lowest BCUT2D eigenvalue weighted by Gasteiger charge is -2.18. The van der Waals surface area contributed by atoms with Crippen molar-refractivity contribution in [3.8, 4) is 0 Å². The molecule has 6 heteroatoms. The van der Waals surface area contributed by atoms with E-state index in [-0.39, 0.29) is 30.7 Å². The van der Waals surface area contributed by atoms with Gasteiger partial charge in [-0.2, -0.15) is 0 Å². The number of nitrogens with zero attached hydrogens (tertiary/aromatic N) is 1. The number of nitrogens with two attached hydrogens (primary N) is 1. The topological polar surface area (TPSA) is 58.4 Å². The molecule has 2 aromatic rings. The van der Waals surface area contributed by atoms with Gasteiger partial charge in [-0.15, -0.1) is 24.8 Å². The molecule has 0 radical (unpaired) electrons. The number of halogens is 2. The smallest absolute Gasteiger partial charge is 0.237 e. The second-order valence-corrected chi connectivity index (χ2v) is 6.29. The molecule has 27 heavy (non-hydrogen) atoms. The van der Waals surface area contributed by atoms with Crippen molar-refractivity contribution in [1.82, 2.24) is 10.2 Å². The Balaban J connectivity index is 0.00000338. The van der Waals surface area contributed by atoms with Crippen LogP contribution in [0.4, 0.5) is 0 Å². The van der Waals surface area contributed by atoms with Crippen LogP contribution in [-0.4, -0.2) is 29.9 Å². The Morgan fingerprint density at radius 2 is 1.48 bits per heavy atom. The van der Waals surface area contributed by atoms with Crippen LogP contribution < -0.4 is 11.1 Å². The quantitative estimate of drug-likeness (QED) is 0.662. The van der Waals surface area contributed by atoms with Crippen molar-refractivity contribution in [3.05, 3.63) is 71.3 Å². The molecular formula is C21H31Cl2N3O. The third kappa shape index (κ3) is 8.76. The summed E-state index contributed by atoms with van der Waals surface area (Å²) in [5.74, 6) is -0.115. The van der Waals surface area contributed by atoms with Crippen LogP contribution in [0.5, 0.6) is 0 Å². The van der Waals surface area contributed by atoms with Gasteiger partial charge in [0.05, 0.1) is 6.04 Å². The van der Waals surface area contributed by atoms with E-state index in [4.69, 9.17) is 5.73 Å². The summed E-state index contributed by atoms with van der Waals surface area (Å²) in [5.41, 5.74) is 9.46. The van der Waals surface area contributed by atoms with Gasteiger partial charge >= 0.3 is 0 Å². The molecule has 0 aromatic heterocycles. The minimum Gasteiger partial charge on any atom is -0.351 e. The molecule has 1 amide bonds. The first-order valence-electron chi connectivity index (χ1n) is 8.99. The molecule has 3 N–H and O–H groups in total. The zero-order chi connectivity index (χ0) is 18.1. The lowest BCUT2D eigenvalue weighted by molar-refractivity contribution is -0.122. The second-order valence-electron chi connectivity index (χ2n) is 6.29. The zero-order valence-corrected chi connectivity index (χ0v) is 17.7. The van der Waals surface area contributed by atoms with Crippen LogP contribution in [0.15, 0.2) is 54.6 Å². The van der Waals surface area contributed by atoms with Gasteiger partial charge in [-0.05, 0) is 36.2 Å². The largest absolute Gasteiger partial charge is 0.351 e. The van der Waals surface area contributed by atoms with Gasteiger partial charge in [0, 0.05) is 13.1 Å². The lowest BCUT2D eigenvalue weighted by atomic mass is 10.1. The van der Waals surface area contributed by atoms with E-state index >= 15 is 0 Å². The van der Waals surface area contributed by atoms with Gasteiger partial charge in [-0.25, -0.2) is 0 Å². The molecule has 0 spiro atoms. The van der Waals surface area contributed by atoms with E-state index in [1.807, 2.05) is 30.3 Å². The number of carbonyl (C=O) groups excluding carboxylic acids is 1. The summed E-state index contributed by atoms with van der Waals surface area (Å²) < 4.78 is 0. The molecule has 2 rings (SSSR count). The molecular weight excluding hydrogens is 381 g/mol. The second kappa shape index (κ2) is 13.6. The van der Waals surface area contributed by atoms with Crippen LogP contribution in [0.2, 0.25) is 0 Å². The molecule has 150 valence electrons. The predicted octanol–water partition coefficient (Wildman–Crippen LogP) is 3.56. The normalized spacial score (nSPS) is 11.3. The van der Waals surface area contributed by atoms with E-state index in [1.54, 1.807) is 0 Å². The van der Waals surface area contributed by atoms with Crippen molar-refractivity contribution in [1.29, 1.82) is 0 Å². The number of nitrogens with one attached hydrogen (secondary N) is 1. The molecule has 1 atom stereocenters. The standard InChI is InChI=1S/C21H29N3O.2ClH/c1-3-24(4-2)16-19-12-10-18(11-13-19)15-23-21(25)20(22)14-17-8-6-5-7-9-17;;/h5-13,20H,3-4,14-16,22H2,1-2H3,(H,23,25);2*1H. The summed E-state index contributed by atoms with van der Waals surface area (Å²) in [6.45, 7) is 7.91. The molecule has 0 saturated heterocycles. The Hall–Kier alpha value is -1.59. The monoisotopic (exact) mass is 411 g/mol. The molecule has 1 unspecified atom stereocenters. The third-order valence-corrected chi connectivity index (χ3v) is 4.43. The first-order chi connectivity index (χ1) is 12.1. The van der Waals surface area contributed by atoms with Gasteiger partial charge in [-0.3, -0.25) is 9.69 Å². The summed E-state index contributed by atoms with van der Waals surface area (Å²) in [5, 5.41) is 2.93. The predicted molar refractivity (Wildman–Crippen MR) is 118 cm³/mol. The van der Waals surface area contributed by atoms with Gasteiger partial charge in [0.1, 0.15) is 0 Å². The summed E-state index contributed by atoms with van der Waals surface area (Å²) in [6, 6.07) is 17.7. The number of hydrogen-bond donors (Lipinski definition) is 2.